The van der Waals surface area contributed by atoms with Gasteiger partial charge in [-0.25, -0.2) is 13.6 Å². The number of nitrogens with zero attached hydrogens (tertiary/aromatic N) is 1. The molecule has 1 heterocycles. The van der Waals surface area contributed by atoms with Crippen LogP contribution in [0.4, 0.5) is 19.3 Å². The molecule has 1 saturated heterocycles. The van der Waals surface area contributed by atoms with Crippen molar-refractivity contribution in [2.45, 2.75) is 19.3 Å². The van der Waals surface area contributed by atoms with Crippen molar-refractivity contribution >= 4 is 36.5 Å². The molecule has 2 amide bonds. The van der Waals surface area contributed by atoms with Crippen LogP contribution in [0.1, 0.15) is 19.3 Å². The Balaban J connectivity index is 0.00000220. The Bertz CT molecular complexity index is 483. The van der Waals surface area contributed by atoms with Gasteiger partial charge in [0, 0.05) is 19.2 Å². The number of hydrogen-bond donors (Lipinski definition) is 2. The van der Waals surface area contributed by atoms with Gasteiger partial charge in [-0.3, -0.25) is 0 Å². The van der Waals surface area contributed by atoms with Crippen molar-refractivity contribution in [3.05, 3.63) is 29.8 Å². The lowest BCUT2D eigenvalue weighted by atomic mass is 9.94. The van der Waals surface area contributed by atoms with Crippen LogP contribution >= 0.6 is 24.8 Å². The second kappa shape index (κ2) is 9.82. The minimum absolute atomic E-state index is 0. The molecule has 1 aromatic rings. The summed E-state index contributed by atoms with van der Waals surface area (Å²) >= 11 is 0. The fourth-order valence-electron chi connectivity index (χ4n) is 2.45. The van der Waals surface area contributed by atoms with Crippen molar-refractivity contribution < 1.29 is 13.6 Å². The molecule has 8 heteroatoms. The Morgan fingerprint density at radius 2 is 1.91 bits per heavy atom. The maximum atomic E-state index is 13.4. The molecule has 0 spiro atoms. The van der Waals surface area contributed by atoms with E-state index in [2.05, 4.69) is 5.32 Å². The van der Waals surface area contributed by atoms with E-state index in [9.17, 15) is 13.6 Å². The number of benzene rings is 1. The van der Waals surface area contributed by atoms with E-state index in [0.717, 1.165) is 37.5 Å². The molecule has 1 aromatic carbocycles. The van der Waals surface area contributed by atoms with E-state index < -0.39 is 11.6 Å². The van der Waals surface area contributed by atoms with Gasteiger partial charge >= 0.3 is 6.03 Å². The number of halogens is 4. The number of rotatable bonds is 3. The molecule has 1 aliphatic heterocycles. The van der Waals surface area contributed by atoms with Gasteiger partial charge in [-0.15, -0.1) is 24.8 Å². The first-order valence-corrected chi connectivity index (χ1v) is 6.81. The number of urea groups is 1. The minimum atomic E-state index is -0.641. The largest absolute Gasteiger partial charge is 0.330 e. The molecule has 0 unspecified atom stereocenters. The highest BCUT2D eigenvalue weighted by molar-refractivity contribution is 5.89. The van der Waals surface area contributed by atoms with Crippen LogP contribution in [0.15, 0.2) is 18.2 Å². The number of anilines is 1. The first-order valence-electron chi connectivity index (χ1n) is 6.81. The Morgan fingerprint density at radius 1 is 1.27 bits per heavy atom. The number of likely N-dealkylation sites (tertiary alicyclic amines) is 1. The third-order valence-electron chi connectivity index (χ3n) is 3.65. The standard InChI is InChI=1S/C14H19F2N3O.2ClH/c15-11-1-2-12(16)13(9-11)18-14(20)19-7-4-10(3-6-17)5-8-19;;/h1-2,9-10H,3-8,17H2,(H,18,20);2*1H. The molecule has 0 atom stereocenters. The topological polar surface area (TPSA) is 58.4 Å². The summed E-state index contributed by atoms with van der Waals surface area (Å²) < 4.78 is 26.5. The van der Waals surface area contributed by atoms with Crippen molar-refractivity contribution in [2.75, 3.05) is 25.0 Å². The molecule has 4 nitrogen and oxygen atoms in total. The monoisotopic (exact) mass is 355 g/mol. The summed E-state index contributed by atoms with van der Waals surface area (Å²) in [6, 6.07) is 2.61. The number of hydrogen-bond acceptors (Lipinski definition) is 2. The van der Waals surface area contributed by atoms with E-state index in [1.165, 1.54) is 0 Å². The summed E-state index contributed by atoms with van der Waals surface area (Å²) in [4.78, 5) is 13.6. The van der Waals surface area contributed by atoms with Gasteiger partial charge in [0.25, 0.3) is 0 Å². The van der Waals surface area contributed by atoms with E-state index in [4.69, 9.17) is 5.73 Å². The average Bonchev–Trinajstić information content (AvgIpc) is 2.44. The highest BCUT2D eigenvalue weighted by Gasteiger charge is 2.22. The SMILES string of the molecule is Cl.Cl.NCCC1CCN(C(=O)Nc2cc(F)ccc2F)CC1. The maximum absolute atomic E-state index is 13.4. The zero-order chi connectivity index (χ0) is 14.5. The summed E-state index contributed by atoms with van der Waals surface area (Å²) in [6.45, 7) is 1.90. The smallest absolute Gasteiger partial charge is 0.321 e. The van der Waals surface area contributed by atoms with E-state index in [1.807, 2.05) is 0 Å². The van der Waals surface area contributed by atoms with Crippen molar-refractivity contribution in [1.82, 2.24) is 4.90 Å². The van der Waals surface area contributed by atoms with Crippen molar-refractivity contribution in [3.63, 3.8) is 0 Å². The van der Waals surface area contributed by atoms with E-state index >= 15 is 0 Å². The molecule has 0 radical (unpaired) electrons. The molecular weight excluding hydrogens is 335 g/mol. The first kappa shape index (κ1) is 20.9. The summed E-state index contributed by atoms with van der Waals surface area (Å²) in [6.07, 6.45) is 2.76. The number of piperidine rings is 1. The quantitative estimate of drug-likeness (QED) is 0.872. The third kappa shape index (κ3) is 5.59. The Kier molecular flexibility index (Phi) is 9.32. The summed E-state index contributed by atoms with van der Waals surface area (Å²) in [5.41, 5.74) is 5.39. The Morgan fingerprint density at radius 3 is 2.50 bits per heavy atom. The van der Waals surface area contributed by atoms with E-state index in [-0.39, 0.29) is 36.5 Å². The number of nitrogens with two attached hydrogens (primary N) is 1. The van der Waals surface area contributed by atoms with Gasteiger partial charge in [-0.05, 0) is 43.9 Å². The molecule has 1 aliphatic rings. The van der Waals surface area contributed by atoms with Crippen LogP contribution in [-0.2, 0) is 0 Å². The van der Waals surface area contributed by atoms with Gasteiger partial charge in [-0.1, -0.05) is 0 Å². The van der Waals surface area contributed by atoms with Crippen LogP contribution in [0.3, 0.4) is 0 Å². The lowest BCUT2D eigenvalue weighted by Crippen LogP contribution is -2.41. The maximum Gasteiger partial charge on any atom is 0.321 e. The Labute approximate surface area is 141 Å². The molecule has 22 heavy (non-hydrogen) atoms. The molecule has 0 aliphatic carbocycles. The predicted octanol–water partition coefficient (Wildman–Crippen LogP) is 3.40. The highest BCUT2D eigenvalue weighted by atomic mass is 35.5. The van der Waals surface area contributed by atoms with Gasteiger partial charge in [0.2, 0.25) is 0 Å². The predicted molar refractivity (Wildman–Crippen MR) is 87.8 cm³/mol. The molecule has 3 N–H and O–H groups in total. The summed E-state index contributed by atoms with van der Waals surface area (Å²) in [5, 5.41) is 2.41. The summed E-state index contributed by atoms with van der Waals surface area (Å²) in [7, 11) is 0. The fourth-order valence-corrected chi connectivity index (χ4v) is 2.45. The van der Waals surface area contributed by atoms with Crippen molar-refractivity contribution in [2.24, 2.45) is 11.7 Å². The normalized spacial score (nSPS) is 14.8. The Hall–Kier alpha value is -1.11. The van der Waals surface area contributed by atoms with Crippen LogP contribution in [0.25, 0.3) is 0 Å². The zero-order valence-electron chi connectivity index (χ0n) is 12.1. The number of carbonyl (C=O) groups excluding carboxylic acids is 1. The van der Waals surface area contributed by atoms with Gasteiger partial charge in [0.05, 0.1) is 5.69 Å². The molecule has 2 rings (SSSR count). The van der Waals surface area contributed by atoms with Crippen LogP contribution in [0.2, 0.25) is 0 Å². The number of nitrogens with one attached hydrogen (secondary N) is 1. The number of carbonyl (C=O) groups is 1. The lowest BCUT2D eigenvalue weighted by Gasteiger charge is -2.31. The lowest BCUT2D eigenvalue weighted by molar-refractivity contribution is 0.180. The van der Waals surface area contributed by atoms with Gasteiger partial charge in [0.1, 0.15) is 11.6 Å². The molecule has 0 aromatic heterocycles. The van der Waals surface area contributed by atoms with E-state index in [0.29, 0.717) is 25.6 Å². The van der Waals surface area contributed by atoms with Crippen molar-refractivity contribution in [1.29, 1.82) is 0 Å². The van der Waals surface area contributed by atoms with Gasteiger partial charge in [0.15, 0.2) is 0 Å². The van der Waals surface area contributed by atoms with Crippen LogP contribution < -0.4 is 11.1 Å². The zero-order valence-corrected chi connectivity index (χ0v) is 13.7. The second-order valence-electron chi connectivity index (χ2n) is 5.06. The van der Waals surface area contributed by atoms with Crippen LogP contribution in [-0.4, -0.2) is 30.6 Å². The third-order valence-corrected chi connectivity index (χ3v) is 3.65. The van der Waals surface area contributed by atoms with Crippen LogP contribution in [0.5, 0.6) is 0 Å². The molecule has 0 bridgehead atoms. The second-order valence-corrected chi connectivity index (χ2v) is 5.06. The van der Waals surface area contributed by atoms with Crippen LogP contribution in [0, 0.1) is 17.6 Å². The average molecular weight is 356 g/mol. The first-order chi connectivity index (χ1) is 9.60. The fraction of sp³-hybridized carbons (Fsp3) is 0.500. The molecule has 126 valence electrons. The van der Waals surface area contributed by atoms with Gasteiger partial charge < -0.3 is 16.0 Å². The van der Waals surface area contributed by atoms with Crippen molar-refractivity contribution in [3.8, 4) is 0 Å². The minimum Gasteiger partial charge on any atom is -0.330 e. The number of amides is 2. The van der Waals surface area contributed by atoms with E-state index in [1.54, 1.807) is 4.90 Å². The molecular formula is C14H21Cl2F2N3O. The van der Waals surface area contributed by atoms with Gasteiger partial charge in [-0.2, -0.15) is 0 Å². The molecule has 1 fully saturated rings. The summed E-state index contributed by atoms with van der Waals surface area (Å²) in [5.74, 6) is -0.670. The highest BCUT2D eigenvalue weighted by Crippen LogP contribution is 2.21. The molecule has 0 saturated carbocycles.